The molecule has 198 valence electrons. The smallest absolute Gasteiger partial charge is 0.428 e. The van der Waals surface area contributed by atoms with Crippen LogP contribution in [0.3, 0.4) is 0 Å². The Kier molecular flexibility index (Phi) is 10.7. The van der Waals surface area contributed by atoms with E-state index >= 15 is 0 Å². The molecule has 1 aromatic rings. The Morgan fingerprint density at radius 1 is 0.857 bits per heavy atom. The third kappa shape index (κ3) is 8.68. The summed E-state index contributed by atoms with van der Waals surface area (Å²) in [5, 5.41) is 0. The van der Waals surface area contributed by atoms with Crippen LogP contribution in [0.25, 0.3) is 0 Å². The summed E-state index contributed by atoms with van der Waals surface area (Å²) in [6, 6.07) is 4.75. The number of alkyl halides is 4. The van der Waals surface area contributed by atoms with Crippen LogP contribution in [-0.4, -0.2) is 18.5 Å². The zero-order valence-corrected chi connectivity index (χ0v) is 20.8. The third-order valence-corrected chi connectivity index (χ3v) is 7.93. The van der Waals surface area contributed by atoms with E-state index in [9.17, 15) is 22.4 Å². The van der Waals surface area contributed by atoms with Gasteiger partial charge >= 0.3 is 18.5 Å². The van der Waals surface area contributed by atoms with Crippen LogP contribution in [0, 0.1) is 23.7 Å². The molecule has 0 bridgehead atoms. The highest BCUT2D eigenvalue weighted by Crippen LogP contribution is 2.42. The fourth-order valence-electron chi connectivity index (χ4n) is 5.79. The fourth-order valence-corrected chi connectivity index (χ4v) is 5.79. The highest BCUT2D eigenvalue weighted by atomic mass is 19.3. The van der Waals surface area contributed by atoms with Gasteiger partial charge in [0.15, 0.2) is 0 Å². The maximum atomic E-state index is 13.0. The number of carbonyl (C=O) groups excluding carboxylic acids is 1. The van der Waals surface area contributed by atoms with Crippen LogP contribution in [-0.2, 0) is 4.79 Å². The van der Waals surface area contributed by atoms with Crippen molar-refractivity contribution < 1.29 is 31.8 Å². The van der Waals surface area contributed by atoms with Gasteiger partial charge in [-0.3, -0.25) is 4.79 Å². The Bertz CT molecular complexity index is 752. The number of carbonyl (C=O) groups is 1. The second-order valence-corrected chi connectivity index (χ2v) is 10.5. The Morgan fingerprint density at radius 2 is 1.40 bits per heavy atom. The molecule has 35 heavy (non-hydrogen) atoms. The molecule has 3 rings (SSSR count). The van der Waals surface area contributed by atoms with Crippen LogP contribution in [0.1, 0.15) is 96.8 Å². The number of esters is 1. The van der Waals surface area contributed by atoms with Crippen LogP contribution in [0.15, 0.2) is 24.3 Å². The van der Waals surface area contributed by atoms with E-state index in [1.54, 1.807) is 0 Å². The molecular formula is C28H40F4O3. The summed E-state index contributed by atoms with van der Waals surface area (Å²) in [6.45, 7) is 2.25. The quantitative estimate of drug-likeness (QED) is 0.124. The van der Waals surface area contributed by atoms with Crippen molar-refractivity contribution in [3.05, 3.63) is 24.3 Å². The first-order chi connectivity index (χ1) is 16.8. The zero-order valence-electron chi connectivity index (χ0n) is 20.8. The topological polar surface area (TPSA) is 35.5 Å². The first-order valence-electron chi connectivity index (χ1n) is 13.4. The monoisotopic (exact) mass is 500 g/mol. The van der Waals surface area contributed by atoms with E-state index in [-0.39, 0.29) is 17.6 Å². The Hall–Kier alpha value is -1.79. The van der Waals surface area contributed by atoms with Gasteiger partial charge < -0.3 is 9.47 Å². The van der Waals surface area contributed by atoms with Crippen LogP contribution < -0.4 is 9.47 Å². The maximum absolute atomic E-state index is 13.0. The number of benzene rings is 1. The number of unbranched alkanes of at least 4 members (excludes halogenated alkanes) is 4. The molecule has 0 atom stereocenters. The summed E-state index contributed by atoms with van der Waals surface area (Å²) >= 11 is 0. The van der Waals surface area contributed by atoms with Crippen LogP contribution >= 0.6 is 0 Å². The van der Waals surface area contributed by atoms with Gasteiger partial charge in [0.25, 0.3) is 0 Å². The minimum Gasteiger partial charge on any atom is -0.428 e. The Morgan fingerprint density at radius 3 is 1.97 bits per heavy atom. The average molecular weight is 501 g/mol. The molecule has 3 nitrogen and oxygen atoms in total. The van der Waals surface area contributed by atoms with Crippen LogP contribution in [0.5, 0.6) is 11.5 Å². The summed E-state index contributed by atoms with van der Waals surface area (Å²) in [6.07, 6.45) is 8.71. The van der Waals surface area contributed by atoms with Gasteiger partial charge in [-0.15, -0.1) is 0 Å². The summed E-state index contributed by atoms with van der Waals surface area (Å²) < 4.78 is 59.9. The van der Waals surface area contributed by atoms with E-state index in [4.69, 9.17) is 4.74 Å². The molecule has 2 aliphatic carbocycles. The molecule has 0 unspecified atom stereocenters. The lowest BCUT2D eigenvalue weighted by Crippen LogP contribution is -2.33. The largest absolute Gasteiger partial charge is 0.461 e. The van der Waals surface area contributed by atoms with E-state index in [1.807, 2.05) is 0 Å². The second kappa shape index (κ2) is 13.5. The molecule has 0 spiro atoms. The summed E-state index contributed by atoms with van der Waals surface area (Å²) in [5.41, 5.74) is 0. The standard InChI is InChI=1S/C28H40F4O3/c1-2-3-4-5-6-7-20-8-10-21(11-9-20)22-12-14-23(15-13-22)26(33)34-24-16-18-25(19-17-24)35-28(31,32)27(29)30/h16-23,27H,2-15H2,1H3/t20-,21-,22?,23?. The molecule has 1 aromatic carbocycles. The third-order valence-electron chi connectivity index (χ3n) is 7.93. The Labute approximate surface area is 206 Å². The lowest BCUT2D eigenvalue weighted by atomic mass is 9.68. The molecule has 2 fully saturated rings. The van der Waals surface area contributed by atoms with Gasteiger partial charge in [-0.1, -0.05) is 58.3 Å². The van der Waals surface area contributed by atoms with Crippen LogP contribution in [0.4, 0.5) is 17.6 Å². The van der Waals surface area contributed by atoms with Gasteiger partial charge in [0.2, 0.25) is 0 Å². The molecule has 0 aliphatic heterocycles. The van der Waals surface area contributed by atoms with Crippen LogP contribution in [0.2, 0.25) is 0 Å². The molecule has 0 heterocycles. The van der Waals surface area contributed by atoms with Crippen molar-refractivity contribution in [1.82, 2.24) is 0 Å². The normalized spacial score (nSPS) is 25.4. The SMILES string of the molecule is CCCCCCC[C@H]1CC[C@H](C2CCC(C(=O)Oc3ccc(OC(F)(F)C(F)F)cc3)CC2)CC1. The minimum absolute atomic E-state index is 0.162. The molecule has 7 heteroatoms. The van der Waals surface area contributed by atoms with E-state index in [1.165, 1.54) is 76.3 Å². The molecule has 0 amide bonds. The first-order valence-corrected chi connectivity index (χ1v) is 13.4. The van der Waals surface area contributed by atoms with E-state index in [2.05, 4.69) is 11.7 Å². The van der Waals surface area contributed by atoms with E-state index in [0.29, 0.717) is 5.92 Å². The minimum atomic E-state index is -4.57. The lowest BCUT2D eigenvalue weighted by molar-refractivity contribution is -0.253. The summed E-state index contributed by atoms with van der Waals surface area (Å²) in [4.78, 5) is 12.6. The number of hydrogen-bond acceptors (Lipinski definition) is 3. The molecule has 0 radical (unpaired) electrons. The zero-order chi connectivity index (χ0) is 25.3. The van der Waals surface area contributed by atoms with Crippen molar-refractivity contribution in [1.29, 1.82) is 0 Å². The average Bonchev–Trinajstić information content (AvgIpc) is 2.85. The van der Waals surface area contributed by atoms with E-state index < -0.39 is 18.3 Å². The highest BCUT2D eigenvalue weighted by molar-refractivity contribution is 5.75. The number of rotatable bonds is 12. The number of halogens is 4. The molecule has 0 aromatic heterocycles. The molecule has 2 aliphatic rings. The van der Waals surface area contributed by atoms with Crippen molar-refractivity contribution >= 4 is 5.97 Å². The first kappa shape index (κ1) is 27.8. The predicted octanol–water partition coefficient (Wildman–Crippen LogP) is 8.80. The van der Waals surface area contributed by atoms with Gasteiger partial charge in [-0.05, 0) is 80.5 Å². The molecule has 0 N–H and O–H groups in total. The van der Waals surface area contributed by atoms with Crippen molar-refractivity contribution in [3.8, 4) is 11.5 Å². The molecule has 2 saturated carbocycles. The molecule has 0 saturated heterocycles. The summed E-state index contributed by atoms with van der Waals surface area (Å²) in [5.74, 6) is 1.67. The van der Waals surface area contributed by atoms with Gasteiger partial charge in [-0.25, -0.2) is 0 Å². The van der Waals surface area contributed by atoms with Crippen molar-refractivity contribution in [3.63, 3.8) is 0 Å². The Balaban J connectivity index is 1.35. The van der Waals surface area contributed by atoms with E-state index in [0.717, 1.165) is 49.7 Å². The number of hydrogen-bond donors (Lipinski definition) is 0. The van der Waals surface area contributed by atoms with Crippen molar-refractivity contribution in [2.45, 2.75) is 109 Å². The van der Waals surface area contributed by atoms with Gasteiger partial charge in [0.1, 0.15) is 11.5 Å². The highest BCUT2D eigenvalue weighted by Gasteiger charge is 2.44. The second-order valence-electron chi connectivity index (χ2n) is 10.5. The lowest BCUT2D eigenvalue weighted by Gasteiger charge is -2.37. The van der Waals surface area contributed by atoms with Gasteiger partial charge in [0, 0.05) is 0 Å². The summed E-state index contributed by atoms with van der Waals surface area (Å²) in [7, 11) is 0. The maximum Gasteiger partial charge on any atom is 0.461 e. The van der Waals surface area contributed by atoms with Gasteiger partial charge in [-0.2, -0.15) is 17.6 Å². The number of ether oxygens (including phenoxy) is 2. The predicted molar refractivity (Wildman–Crippen MR) is 128 cm³/mol. The van der Waals surface area contributed by atoms with Gasteiger partial charge in [0.05, 0.1) is 5.92 Å². The van der Waals surface area contributed by atoms with Crippen molar-refractivity contribution in [2.24, 2.45) is 23.7 Å². The fraction of sp³-hybridized carbons (Fsp3) is 0.750. The van der Waals surface area contributed by atoms with Crippen molar-refractivity contribution in [2.75, 3.05) is 0 Å². The molecular weight excluding hydrogens is 460 g/mol.